The summed E-state index contributed by atoms with van der Waals surface area (Å²) in [6.45, 7) is 9.76. The highest BCUT2D eigenvalue weighted by Gasteiger charge is 2.30. The zero-order chi connectivity index (χ0) is 18.2. The van der Waals surface area contributed by atoms with Crippen molar-refractivity contribution in [2.45, 2.75) is 65.2 Å². The quantitative estimate of drug-likeness (QED) is 0.733. The van der Waals surface area contributed by atoms with Gasteiger partial charge in [0.15, 0.2) is 5.78 Å². The summed E-state index contributed by atoms with van der Waals surface area (Å²) in [5.74, 6) is -0.0447. The average molecular weight is 335 g/mol. The van der Waals surface area contributed by atoms with E-state index in [1.54, 1.807) is 34.6 Å². The van der Waals surface area contributed by atoms with Gasteiger partial charge < -0.3 is 14.8 Å². The molecule has 0 atom stereocenters. The molecule has 0 bridgehead atoms. The van der Waals surface area contributed by atoms with Crippen LogP contribution in [-0.4, -0.2) is 29.6 Å². The number of hydrogen-bond donors (Lipinski definition) is 1. The largest absolute Gasteiger partial charge is 0.444 e. The van der Waals surface area contributed by atoms with Crippen molar-refractivity contribution in [3.05, 3.63) is 35.9 Å². The lowest BCUT2D eigenvalue weighted by Gasteiger charge is -2.27. The third-order valence-corrected chi connectivity index (χ3v) is 3.31. The first-order chi connectivity index (χ1) is 11.1. The van der Waals surface area contributed by atoms with Gasteiger partial charge in [-0.15, -0.1) is 0 Å². The minimum atomic E-state index is -0.957. The van der Waals surface area contributed by atoms with Crippen LogP contribution in [0.5, 0.6) is 0 Å². The van der Waals surface area contributed by atoms with Crippen molar-refractivity contribution in [2.24, 2.45) is 0 Å². The second-order valence-corrected chi connectivity index (χ2v) is 7.32. The fourth-order valence-corrected chi connectivity index (χ4v) is 2.04. The molecule has 0 fully saturated rings. The van der Waals surface area contributed by atoms with Crippen LogP contribution in [0.15, 0.2) is 30.3 Å². The second kappa shape index (κ2) is 8.83. The minimum Gasteiger partial charge on any atom is -0.444 e. The number of rotatable bonds is 8. The Morgan fingerprint density at radius 2 is 1.67 bits per heavy atom. The Bertz CT molecular complexity index is 532. The van der Waals surface area contributed by atoms with Crippen LogP contribution in [0.3, 0.4) is 0 Å². The minimum absolute atomic E-state index is 0.0447. The third kappa shape index (κ3) is 8.11. The number of Topliss-reactive ketones (excluding diaryl/α,β-unsaturated/α-hetero) is 1. The molecule has 0 aliphatic heterocycles. The van der Waals surface area contributed by atoms with Gasteiger partial charge in [-0.3, -0.25) is 4.79 Å². The highest BCUT2D eigenvalue weighted by atomic mass is 16.6. The second-order valence-electron chi connectivity index (χ2n) is 7.32. The van der Waals surface area contributed by atoms with Crippen molar-refractivity contribution < 1.29 is 19.1 Å². The molecule has 0 heterocycles. The molecule has 1 rings (SSSR count). The van der Waals surface area contributed by atoms with Gasteiger partial charge in [-0.1, -0.05) is 30.3 Å². The smallest absolute Gasteiger partial charge is 0.408 e. The Labute approximate surface area is 144 Å². The summed E-state index contributed by atoms with van der Waals surface area (Å²) in [5, 5.41) is 2.63. The topological polar surface area (TPSA) is 64.6 Å². The van der Waals surface area contributed by atoms with E-state index < -0.39 is 17.2 Å². The lowest BCUT2D eigenvalue weighted by atomic mass is 9.96. The summed E-state index contributed by atoms with van der Waals surface area (Å²) in [5.41, 5.74) is -0.438. The Balaban J connectivity index is 2.28. The van der Waals surface area contributed by atoms with E-state index in [9.17, 15) is 9.59 Å². The predicted octanol–water partition coefficient (Wildman–Crippen LogP) is 3.86. The van der Waals surface area contributed by atoms with Crippen LogP contribution in [-0.2, 0) is 20.9 Å². The number of ether oxygens (including phenoxy) is 2. The van der Waals surface area contributed by atoms with E-state index in [1.807, 2.05) is 30.3 Å². The fourth-order valence-electron chi connectivity index (χ4n) is 2.04. The lowest BCUT2D eigenvalue weighted by molar-refractivity contribution is -0.124. The van der Waals surface area contributed by atoms with Crippen LogP contribution < -0.4 is 5.32 Å². The maximum Gasteiger partial charge on any atom is 0.408 e. The number of benzene rings is 1. The molecule has 0 aliphatic carbocycles. The molecule has 0 aliphatic rings. The van der Waals surface area contributed by atoms with Crippen molar-refractivity contribution in [3.8, 4) is 0 Å². The van der Waals surface area contributed by atoms with E-state index in [0.29, 0.717) is 26.1 Å². The van der Waals surface area contributed by atoms with Crippen LogP contribution in [0.2, 0.25) is 0 Å². The van der Waals surface area contributed by atoms with Gasteiger partial charge in [-0.05, 0) is 46.6 Å². The number of alkyl carbamates (subject to hydrolysis) is 1. The summed E-state index contributed by atoms with van der Waals surface area (Å²) < 4.78 is 10.8. The summed E-state index contributed by atoms with van der Waals surface area (Å²) in [6.07, 6.45) is 0.379. The van der Waals surface area contributed by atoms with E-state index >= 15 is 0 Å². The number of nitrogens with one attached hydrogen (secondary N) is 1. The molecule has 1 aromatic carbocycles. The SMILES string of the molecule is CC(C)(C)OC(=O)NC(C)(C)C(=O)CCCOCc1ccccc1. The first-order valence-electron chi connectivity index (χ1n) is 8.26. The van der Waals surface area contributed by atoms with Gasteiger partial charge in [0.1, 0.15) is 5.60 Å². The Morgan fingerprint density at radius 1 is 1.04 bits per heavy atom. The molecular formula is C19H29NO4. The first kappa shape index (κ1) is 20.2. The number of hydrogen-bond acceptors (Lipinski definition) is 4. The number of amides is 1. The summed E-state index contributed by atoms with van der Waals surface area (Å²) in [6, 6.07) is 9.89. The van der Waals surface area contributed by atoms with Crippen molar-refractivity contribution in [3.63, 3.8) is 0 Å². The Morgan fingerprint density at radius 3 is 2.25 bits per heavy atom. The average Bonchev–Trinajstić information content (AvgIpc) is 2.45. The van der Waals surface area contributed by atoms with Crippen molar-refractivity contribution in [1.29, 1.82) is 0 Å². The van der Waals surface area contributed by atoms with Crippen LogP contribution in [0.25, 0.3) is 0 Å². The van der Waals surface area contributed by atoms with E-state index in [-0.39, 0.29) is 5.78 Å². The molecule has 1 amide bonds. The van der Waals surface area contributed by atoms with E-state index in [1.165, 1.54) is 0 Å². The van der Waals surface area contributed by atoms with Crippen molar-refractivity contribution in [2.75, 3.05) is 6.61 Å². The predicted molar refractivity (Wildman–Crippen MR) is 93.8 cm³/mol. The van der Waals surface area contributed by atoms with Gasteiger partial charge >= 0.3 is 6.09 Å². The number of carbonyl (C=O) groups is 2. The maximum atomic E-state index is 12.3. The molecule has 0 saturated heterocycles. The highest BCUT2D eigenvalue weighted by molar-refractivity contribution is 5.90. The van der Waals surface area contributed by atoms with Crippen LogP contribution >= 0.6 is 0 Å². The molecule has 0 unspecified atom stereocenters. The zero-order valence-corrected chi connectivity index (χ0v) is 15.3. The van der Waals surface area contributed by atoms with E-state index in [2.05, 4.69) is 5.32 Å². The summed E-state index contributed by atoms with van der Waals surface area (Å²) in [7, 11) is 0. The molecule has 0 spiro atoms. The first-order valence-corrected chi connectivity index (χ1v) is 8.26. The van der Waals surface area contributed by atoms with Gasteiger partial charge in [-0.2, -0.15) is 0 Å². The van der Waals surface area contributed by atoms with Crippen LogP contribution in [0, 0.1) is 0 Å². The molecule has 0 radical (unpaired) electrons. The summed E-state index contributed by atoms with van der Waals surface area (Å²) >= 11 is 0. The van der Waals surface area contributed by atoms with Gasteiger partial charge in [-0.25, -0.2) is 4.79 Å². The molecule has 134 valence electrons. The molecule has 24 heavy (non-hydrogen) atoms. The molecule has 0 aromatic heterocycles. The van der Waals surface area contributed by atoms with Crippen molar-refractivity contribution >= 4 is 11.9 Å². The third-order valence-electron chi connectivity index (χ3n) is 3.31. The lowest BCUT2D eigenvalue weighted by Crippen LogP contribution is -2.51. The zero-order valence-electron chi connectivity index (χ0n) is 15.3. The van der Waals surface area contributed by atoms with Gasteiger partial charge in [0.25, 0.3) is 0 Å². The van der Waals surface area contributed by atoms with Crippen LogP contribution in [0.4, 0.5) is 4.79 Å². The molecule has 5 nitrogen and oxygen atoms in total. The van der Waals surface area contributed by atoms with Crippen LogP contribution in [0.1, 0.15) is 53.0 Å². The number of ketones is 1. The molecular weight excluding hydrogens is 306 g/mol. The number of carbonyl (C=O) groups excluding carboxylic acids is 2. The standard InChI is InChI=1S/C19H29NO4/c1-18(2,3)24-17(22)20-19(4,5)16(21)12-9-13-23-14-15-10-7-6-8-11-15/h6-8,10-11H,9,12-14H2,1-5H3,(H,20,22). The molecule has 1 aromatic rings. The van der Waals surface area contributed by atoms with Crippen molar-refractivity contribution in [1.82, 2.24) is 5.32 Å². The monoisotopic (exact) mass is 335 g/mol. The van der Waals surface area contributed by atoms with Gasteiger partial charge in [0.2, 0.25) is 0 Å². The van der Waals surface area contributed by atoms with Gasteiger partial charge in [0.05, 0.1) is 12.1 Å². The van der Waals surface area contributed by atoms with E-state index in [0.717, 1.165) is 5.56 Å². The van der Waals surface area contributed by atoms with E-state index in [4.69, 9.17) is 9.47 Å². The normalized spacial score (nSPS) is 11.9. The fraction of sp³-hybridized carbons (Fsp3) is 0.579. The Hall–Kier alpha value is -1.88. The highest BCUT2D eigenvalue weighted by Crippen LogP contribution is 2.12. The molecule has 0 saturated carbocycles. The van der Waals surface area contributed by atoms with Gasteiger partial charge in [0, 0.05) is 13.0 Å². The maximum absolute atomic E-state index is 12.3. The molecule has 5 heteroatoms. The summed E-state index contributed by atoms with van der Waals surface area (Å²) in [4.78, 5) is 24.1. The Kier molecular flexibility index (Phi) is 7.42. The molecule has 1 N–H and O–H groups in total.